The Kier molecular flexibility index (Phi) is 18.0. The summed E-state index contributed by atoms with van der Waals surface area (Å²) in [5, 5.41) is 9.69. The molecular formula is C29H45ClI2O4V. The first-order valence-electron chi connectivity index (χ1n) is 12.0. The van der Waals surface area contributed by atoms with Crippen LogP contribution >= 0.6 is 51.6 Å². The molecular weight excluding hydrogens is 753 g/mol. The Morgan fingerprint density at radius 3 is 1.27 bits per heavy atom. The molecule has 2 aromatic rings. The second kappa shape index (κ2) is 17.9. The molecule has 0 radical (unpaired) electrons. The quantitative estimate of drug-likeness (QED) is 0.191. The van der Waals surface area contributed by atoms with Crippen molar-refractivity contribution in [1.82, 2.24) is 0 Å². The first-order valence-corrected chi connectivity index (χ1v) is 21.6. The summed E-state index contributed by atoms with van der Waals surface area (Å²) >= 11 is 10.0. The Hall–Kier alpha value is 0.294. The van der Waals surface area contributed by atoms with Gasteiger partial charge in [-0.1, -0.05) is 7.43 Å². The molecule has 2 unspecified atom stereocenters. The Bertz CT molecular complexity index is 888. The molecule has 2 aliphatic rings. The molecule has 0 aliphatic carbocycles. The number of aromatic hydroxyl groups is 1. The number of alkyl halides is 1. The maximum atomic E-state index is 9.69. The fraction of sp³-hybridized carbons (Fsp3) is 0.586. The van der Waals surface area contributed by atoms with Gasteiger partial charge in [0.15, 0.2) is 0 Å². The van der Waals surface area contributed by atoms with E-state index in [1.165, 1.54) is 44.5 Å². The van der Waals surface area contributed by atoms with Crippen molar-refractivity contribution in [2.75, 3.05) is 25.7 Å². The van der Waals surface area contributed by atoms with Crippen molar-refractivity contribution >= 4 is 51.6 Å². The van der Waals surface area contributed by atoms with Gasteiger partial charge in [-0.05, 0) is 125 Å². The third-order valence-electron chi connectivity index (χ3n) is 7.28. The number of halogens is 3. The zero-order valence-electron chi connectivity index (χ0n) is 23.2. The Morgan fingerprint density at radius 1 is 0.703 bits per heavy atom. The van der Waals surface area contributed by atoms with Crippen LogP contribution in [0.25, 0.3) is 0 Å². The summed E-state index contributed by atoms with van der Waals surface area (Å²) in [7, 11) is 0.628. The van der Waals surface area contributed by atoms with Gasteiger partial charge in [-0.15, -0.1) is 11.6 Å². The van der Waals surface area contributed by atoms with Crippen molar-refractivity contribution in [3.05, 3.63) is 55.6 Å². The van der Waals surface area contributed by atoms with Crippen LogP contribution in [0, 0.1) is 69.2 Å². The predicted octanol–water partition coefficient (Wildman–Crippen LogP) is 8.97. The molecule has 4 rings (SSSR count). The van der Waals surface area contributed by atoms with E-state index in [9.17, 15) is 5.11 Å². The molecule has 8 heteroatoms. The zero-order valence-corrected chi connectivity index (χ0v) is 29.7. The van der Waals surface area contributed by atoms with Gasteiger partial charge in [0, 0.05) is 0 Å². The molecule has 2 aliphatic heterocycles. The normalized spacial score (nSPS) is 16.5. The van der Waals surface area contributed by atoms with Crippen molar-refractivity contribution in [3.63, 3.8) is 0 Å². The van der Waals surface area contributed by atoms with E-state index in [1.807, 2.05) is 13.8 Å². The van der Waals surface area contributed by atoms with Gasteiger partial charge in [0.25, 0.3) is 0 Å². The Labute approximate surface area is 259 Å². The van der Waals surface area contributed by atoms with Gasteiger partial charge in [0.1, 0.15) is 24.2 Å². The van der Waals surface area contributed by atoms with Crippen LogP contribution in [-0.2, 0) is 18.9 Å². The molecule has 37 heavy (non-hydrogen) atoms. The maximum absolute atomic E-state index is 9.69. The van der Waals surface area contributed by atoms with E-state index in [-0.39, 0.29) is 7.43 Å². The number of ether oxygens (including phenoxy) is 3. The average molecular weight is 798 g/mol. The number of hydrogen-bond donors (Lipinski definition) is 1. The predicted molar refractivity (Wildman–Crippen MR) is 172 cm³/mol. The minimum atomic E-state index is 0. The van der Waals surface area contributed by atoms with Crippen molar-refractivity contribution in [2.24, 2.45) is 0 Å². The Morgan fingerprint density at radius 2 is 1.00 bits per heavy atom. The van der Waals surface area contributed by atoms with Crippen LogP contribution < -0.4 is 4.74 Å². The summed E-state index contributed by atoms with van der Waals surface area (Å²) < 4.78 is 15.8. The monoisotopic (exact) mass is 797 g/mol. The average Bonchev–Trinajstić information content (AvgIpc) is 3.78. The second-order valence-corrected chi connectivity index (χ2v) is 21.5. The number of phenols is 1. The number of phenolic OH excluding ortho intramolecular Hbond substituents is 1. The van der Waals surface area contributed by atoms with Gasteiger partial charge in [-0.25, -0.2) is 0 Å². The van der Waals surface area contributed by atoms with Gasteiger partial charge in [0.2, 0.25) is 0 Å². The van der Waals surface area contributed by atoms with Crippen LogP contribution in [0.5, 0.6) is 11.5 Å². The van der Waals surface area contributed by atoms with Crippen molar-refractivity contribution in [2.45, 2.75) is 88.9 Å². The first-order chi connectivity index (χ1) is 16.8. The molecule has 0 bridgehead atoms. The van der Waals surface area contributed by atoms with E-state index in [1.54, 1.807) is 0 Å². The van der Waals surface area contributed by atoms with Gasteiger partial charge in [-0.3, -0.25) is 0 Å². The van der Waals surface area contributed by atoms with E-state index < -0.39 is 0 Å². The molecule has 0 amide bonds. The van der Waals surface area contributed by atoms with Gasteiger partial charge >= 0.3 is 49.4 Å². The third kappa shape index (κ3) is 11.4. The standard InChI is InChI=1S/C14H20O2.C11H16O.C3H5ClO.CH4.2HI.V/c1-8-9(2)11(4)14(12(5)10(8)3)16-7-13-6-15-13;1-6-7(2)9(4)11(12)10(5)8(6)3;4-1-3-2-5-3;;;;/h13H,6-7H2,1-5H3;12H,1-5H3;3H,1-2H2;1H4;2*1H;/q;;;;;;+2/p-2. The minimum absolute atomic E-state index is 0. The second-order valence-electron chi connectivity index (χ2n) is 9.37. The molecule has 2 atom stereocenters. The molecule has 2 saturated heterocycles. The summed E-state index contributed by atoms with van der Waals surface area (Å²) in [6.07, 6.45) is 0.720. The van der Waals surface area contributed by atoms with Crippen LogP contribution in [0.4, 0.5) is 0 Å². The number of rotatable bonds is 4. The van der Waals surface area contributed by atoms with Gasteiger partial charge in [0.05, 0.1) is 25.2 Å². The van der Waals surface area contributed by atoms with Crippen LogP contribution in [0.15, 0.2) is 0 Å². The summed E-state index contributed by atoms with van der Waals surface area (Å²) in [6.45, 7) is 23.3. The fourth-order valence-electron chi connectivity index (χ4n) is 3.66. The third-order valence-corrected chi connectivity index (χ3v) is 7.63. The van der Waals surface area contributed by atoms with Crippen LogP contribution in [0.2, 0.25) is 0 Å². The van der Waals surface area contributed by atoms with Crippen molar-refractivity contribution < 1.29 is 28.8 Å². The zero-order chi connectivity index (χ0) is 27.7. The molecule has 0 saturated carbocycles. The molecule has 0 spiro atoms. The topological polar surface area (TPSA) is 54.5 Å². The Balaban J connectivity index is 0.000000542. The molecule has 4 nitrogen and oxygen atoms in total. The SMILES string of the molecule is C.Cc1c(C)c(C)c(O)c(C)c1C.Cc1c(C)c(C)c(OCC2CO2)c(C)c1C.ClCC1CO1.[I][V][I]. The summed E-state index contributed by atoms with van der Waals surface area (Å²) in [5.41, 5.74) is 12.3. The number of epoxide rings is 2. The van der Waals surface area contributed by atoms with Crippen molar-refractivity contribution in [3.8, 4) is 11.5 Å². The van der Waals surface area contributed by atoms with Crippen LogP contribution in [0.3, 0.4) is 0 Å². The summed E-state index contributed by atoms with van der Waals surface area (Å²) in [5.74, 6) is 2.17. The molecule has 0 aromatic heterocycles. The fourth-order valence-corrected chi connectivity index (χ4v) is 3.84. The summed E-state index contributed by atoms with van der Waals surface area (Å²) in [4.78, 5) is 0. The van der Waals surface area contributed by atoms with Crippen LogP contribution in [0.1, 0.15) is 63.1 Å². The first kappa shape index (κ1) is 37.3. The van der Waals surface area contributed by atoms with Crippen LogP contribution in [-0.4, -0.2) is 43.0 Å². The number of benzene rings is 2. The number of hydrogen-bond acceptors (Lipinski definition) is 4. The summed E-state index contributed by atoms with van der Waals surface area (Å²) in [6, 6.07) is 0. The van der Waals surface area contributed by atoms with E-state index in [0.29, 0.717) is 39.9 Å². The van der Waals surface area contributed by atoms with Crippen molar-refractivity contribution in [1.29, 1.82) is 0 Å². The van der Waals surface area contributed by atoms with E-state index >= 15 is 0 Å². The van der Waals surface area contributed by atoms with E-state index in [2.05, 4.69) is 95.3 Å². The van der Waals surface area contributed by atoms with E-state index in [0.717, 1.165) is 30.1 Å². The molecule has 1 N–H and O–H groups in total. The molecule has 2 fully saturated rings. The van der Waals surface area contributed by atoms with Gasteiger partial charge < -0.3 is 19.3 Å². The van der Waals surface area contributed by atoms with E-state index in [4.69, 9.17) is 25.8 Å². The molecule has 2 aromatic carbocycles. The molecule has 2 heterocycles. The van der Waals surface area contributed by atoms with Gasteiger partial charge in [-0.2, -0.15) is 0 Å². The molecule has 211 valence electrons.